The van der Waals surface area contributed by atoms with E-state index < -0.39 is 0 Å². The second-order valence-corrected chi connectivity index (χ2v) is 3.30. The Morgan fingerprint density at radius 2 is 1.83 bits per heavy atom. The highest BCUT2D eigenvalue weighted by Crippen LogP contribution is 2.19. The van der Waals surface area contributed by atoms with Crippen molar-refractivity contribution in [1.29, 1.82) is 0 Å². The van der Waals surface area contributed by atoms with Crippen molar-refractivity contribution in [3.05, 3.63) is 0 Å². The molecule has 1 fully saturated rings. The van der Waals surface area contributed by atoms with Gasteiger partial charge in [0.1, 0.15) is 6.04 Å². The van der Waals surface area contributed by atoms with Crippen LogP contribution in [0, 0.1) is 0 Å². The molecule has 0 radical (unpaired) electrons. The quantitative estimate of drug-likeness (QED) is 0.569. The van der Waals surface area contributed by atoms with Crippen molar-refractivity contribution in [3.8, 4) is 0 Å². The summed E-state index contributed by atoms with van der Waals surface area (Å²) < 4.78 is 0. The van der Waals surface area contributed by atoms with Gasteiger partial charge in [-0.25, -0.2) is 4.79 Å². The van der Waals surface area contributed by atoms with Gasteiger partial charge in [-0.1, -0.05) is 0 Å². The second-order valence-electron chi connectivity index (χ2n) is 3.30. The number of nitrogens with zero attached hydrogens (tertiary/aromatic N) is 2. The number of carbonyl (C=O) groups excluding carboxylic acids is 2. The van der Waals surface area contributed by atoms with E-state index in [0.717, 1.165) is 0 Å². The Kier molecular flexibility index (Phi) is 2.08. The van der Waals surface area contributed by atoms with E-state index in [1.165, 1.54) is 11.8 Å². The van der Waals surface area contributed by atoms with Crippen molar-refractivity contribution in [2.75, 3.05) is 14.1 Å². The summed E-state index contributed by atoms with van der Waals surface area (Å²) in [4.78, 5) is 25.5. The van der Waals surface area contributed by atoms with E-state index in [-0.39, 0.29) is 23.9 Å². The van der Waals surface area contributed by atoms with Crippen LogP contribution in [-0.2, 0) is 4.79 Å². The van der Waals surface area contributed by atoms with Gasteiger partial charge in [0.25, 0.3) is 0 Å². The summed E-state index contributed by atoms with van der Waals surface area (Å²) in [6, 6.07) is -0.370. The Labute approximate surface area is 72.1 Å². The van der Waals surface area contributed by atoms with E-state index >= 15 is 0 Å². The van der Waals surface area contributed by atoms with Crippen LogP contribution in [0.2, 0.25) is 0 Å². The Morgan fingerprint density at radius 1 is 1.33 bits per heavy atom. The van der Waals surface area contributed by atoms with Gasteiger partial charge in [0.2, 0.25) is 0 Å². The van der Waals surface area contributed by atoms with Crippen LogP contribution in [0.3, 0.4) is 0 Å². The van der Waals surface area contributed by atoms with Crippen LogP contribution in [0.1, 0.15) is 13.8 Å². The molecule has 2 amide bonds. The molecule has 0 aromatic heterocycles. The van der Waals surface area contributed by atoms with Crippen LogP contribution in [0.4, 0.5) is 4.79 Å². The molecule has 4 nitrogen and oxygen atoms in total. The first-order chi connectivity index (χ1) is 5.46. The fourth-order valence-corrected chi connectivity index (χ4v) is 1.69. The molecule has 1 heterocycles. The summed E-state index contributed by atoms with van der Waals surface area (Å²) in [5.74, 6) is 0.0442. The molecule has 0 saturated carbocycles. The highest BCUT2D eigenvalue weighted by Gasteiger charge is 2.41. The molecule has 0 N–H and O–H groups in total. The molecule has 0 aliphatic carbocycles. The maximum Gasteiger partial charge on any atom is 0.320 e. The average Bonchev–Trinajstić information content (AvgIpc) is 2.16. The first-order valence-electron chi connectivity index (χ1n) is 3.97. The van der Waals surface area contributed by atoms with Crippen molar-refractivity contribution in [2.45, 2.75) is 25.9 Å². The number of hydrogen-bond donors (Lipinski definition) is 0. The highest BCUT2D eigenvalue weighted by molar-refractivity contribution is 5.90. The highest BCUT2D eigenvalue weighted by atomic mass is 16.2. The number of carbonyl (C=O) groups is 2. The van der Waals surface area contributed by atoms with Crippen LogP contribution in [0.5, 0.6) is 0 Å². The molecule has 1 saturated heterocycles. The largest absolute Gasteiger partial charge is 0.322 e. The number of urea groups is 1. The summed E-state index contributed by atoms with van der Waals surface area (Å²) >= 11 is 0. The number of rotatable bonds is 1. The van der Waals surface area contributed by atoms with Gasteiger partial charge in [-0.3, -0.25) is 4.79 Å². The van der Waals surface area contributed by atoms with E-state index in [1.807, 2.05) is 6.92 Å². The lowest BCUT2D eigenvalue weighted by molar-refractivity contribution is -0.120. The van der Waals surface area contributed by atoms with Crippen LogP contribution < -0.4 is 0 Å². The third-order valence-corrected chi connectivity index (χ3v) is 2.51. The van der Waals surface area contributed by atoms with E-state index in [9.17, 15) is 9.59 Å². The van der Waals surface area contributed by atoms with Crippen molar-refractivity contribution in [1.82, 2.24) is 9.80 Å². The van der Waals surface area contributed by atoms with Crippen molar-refractivity contribution >= 4 is 11.8 Å². The van der Waals surface area contributed by atoms with Crippen LogP contribution in [0.25, 0.3) is 0 Å². The zero-order valence-electron chi connectivity index (χ0n) is 7.87. The number of likely N-dealkylation sites (N-methyl/N-ethyl adjacent to an activating group) is 2. The van der Waals surface area contributed by atoms with Gasteiger partial charge >= 0.3 is 6.03 Å². The normalized spacial score (nSPS) is 29.8. The minimum Gasteiger partial charge on any atom is -0.322 e. The van der Waals surface area contributed by atoms with Crippen molar-refractivity contribution in [2.24, 2.45) is 0 Å². The maximum atomic E-state index is 11.3. The van der Waals surface area contributed by atoms with E-state index in [2.05, 4.69) is 0 Å². The fourth-order valence-electron chi connectivity index (χ4n) is 1.69. The maximum absolute atomic E-state index is 11.3. The van der Waals surface area contributed by atoms with Gasteiger partial charge < -0.3 is 9.80 Å². The van der Waals surface area contributed by atoms with Crippen LogP contribution >= 0.6 is 0 Å². The molecule has 12 heavy (non-hydrogen) atoms. The van der Waals surface area contributed by atoms with Crippen molar-refractivity contribution in [3.63, 3.8) is 0 Å². The van der Waals surface area contributed by atoms with Gasteiger partial charge in [0, 0.05) is 14.1 Å². The number of ketones is 1. The lowest BCUT2D eigenvalue weighted by atomic mass is 10.1. The molecular formula is C8H14N2O2. The van der Waals surface area contributed by atoms with Crippen LogP contribution in [-0.4, -0.2) is 47.8 Å². The summed E-state index contributed by atoms with van der Waals surface area (Å²) in [7, 11) is 3.38. The van der Waals surface area contributed by atoms with Crippen molar-refractivity contribution < 1.29 is 9.59 Å². The zero-order chi connectivity index (χ0) is 9.46. The molecule has 0 bridgehead atoms. The molecule has 2 unspecified atom stereocenters. The Balaban J connectivity index is 2.90. The molecule has 1 rings (SSSR count). The SMILES string of the molecule is CC(=O)C1C(C)N(C)C(=O)N1C. The lowest BCUT2D eigenvalue weighted by Gasteiger charge is -2.18. The summed E-state index contributed by atoms with van der Waals surface area (Å²) in [6.45, 7) is 3.40. The number of hydrogen-bond acceptors (Lipinski definition) is 2. The van der Waals surface area contributed by atoms with Gasteiger partial charge in [-0.15, -0.1) is 0 Å². The molecule has 1 aliphatic rings. The van der Waals surface area contributed by atoms with Gasteiger partial charge in [0.15, 0.2) is 5.78 Å². The third-order valence-electron chi connectivity index (χ3n) is 2.51. The number of Topliss-reactive ketones (excluding diaryl/α,β-unsaturated/α-hetero) is 1. The Bertz CT molecular complexity index is 227. The predicted octanol–water partition coefficient (Wildman–Crippen LogP) is 0.330. The first-order valence-corrected chi connectivity index (χ1v) is 3.97. The predicted molar refractivity (Wildman–Crippen MR) is 44.9 cm³/mol. The fraction of sp³-hybridized carbons (Fsp3) is 0.750. The van der Waals surface area contributed by atoms with Gasteiger partial charge in [-0.05, 0) is 13.8 Å². The summed E-state index contributed by atoms with van der Waals surface area (Å²) in [6.07, 6.45) is 0. The van der Waals surface area contributed by atoms with Gasteiger partial charge in [0.05, 0.1) is 6.04 Å². The molecule has 68 valence electrons. The second kappa shape index (κ2) is 2.77. The van der Waals surface area contributed by atoms with Crippen LogP contribution in [0.15, 0.2) is 0 Å². The standard InChI is InChI=1S/C8H14N2O2/c1-5-7(6(2)11)10(4)8(12)9(5)3/h5,7H,1-4H3. The molecular weight excluding hydrogens is 156 g/mol. The average molecular weight is 170 g/mol. The Hall–Kier alpha value is -1.06. The monoisotopic (exact) mass is 170 g/mol. The molecule has 2 atom stereocenters. The van der Waals surface area contributed by atoms with E-state index in [4.69, 9.17) is 0 Å². The summed E-state index contributed by atoms with van der Waals surface area (Å²) in [5.41, 5.74) is 0. The summed E-state index contributed by atoms with van der Waals surface area (Å²) in [5, 5.41) is 0. The minimum absolute atomic E-state index is 0.0139. The molecule has 0 aromatic rings. The lowest BCUT2D eigenvalue weighted by Crippen LogP contribution is -2.38. The third kappa shape index (κ3) is 1.07. The number of amides is 2. The minimum atomic E-state index is -0.275. The van der Waals surface area contributed by atoms with Gasteiger partial charge in [-0.2, -0.15) is 0 Å². The smallest absolute Gasteiger partial charge is 0.320 e. The first kappa shape index (κ1) is 9.03. The molecule has 4 heteroatoms. The van der Waals surface area contributed by atoms with E-state index in [1.54, 1.807) is 19.0 Å². The molecule has 0 spiro atoms. The zero-order valence-corrected chi connectivity index (χ0v) is 7.87. The molecule has 0 aromatic carbocycles. The Morgan fingerprint density at radius 3 is 2.00 bits per heavy atom. The molecule has 1 aliphatic heterocycles. The topological polar surface area (TPSA) is 40.6 Å². The van der Waals surface area contributed by atoms with E-state index in [0.29, 0.717) is 0 Å².